The van der Waals surface area contributed by atoms with Gasteiger partial charge in [-0.3, -0.25) is 18.5 Å². The third kappa shape index (κ3) is 4.76. The van der Waals surface area contributed by atoms with Crippen molar-refractivity contribution in [1.82, 2.24) is 19.3 Å². The first-order valence-corrected chi connectivity index (χ1v) is 14.5. The van der Waals surface area contributed by atoms with Crippen LogP contribution in [0.5, 0.6) is 0 Å². The molecule has 0 spiro atoms. The van der Waals surface area contributed by atoms with Gasteiger partial charge < -0.3 is 4.40 Å². The lowest BCUT2D eigenvalue weighted by Gasteiger charge is -2.37. The standard InChI is InChI=1S/C29H28ClFN4OS/c1-37(36)23-5-6-24-20(11-23)3-2-4-26(25-7-9-32-14-27(25)30)29(24)21-8-10-35-18-22(33-28(35)12-21)17-34-15-19(13-31)16-34/h5-12,14,18-19H,2-4,13,15-17H2,1H3. The number of hydrogen-bond acceptors (Lipinski definition) is 4. The third-order valence-electron chi connectivity index (χ3n) is 7.39. The molecular weight excluding hydrogens is 507 g/mol. The summed E-state index contributed by atoms with van der Waals surface area (Å²) in [6.07, 6.45) is 12.1. The molecule has 190 valence electrons. The second kappa shape index (κ2) is 10.1. The van der Waals surface area contributed by atoms with Gasteiger partial charge in [-0.25, -0.2) is 4.98 Å². The number of imidazole rings is 1. The average Bonchev–Trinajstić information content (AvgIpc) is 3.18. The van der Waals surface area contributed by atoms with Crippen molar-refractivity contribution in [2.24, 2.45) is 5.92 Å². The number of alkyl halides is 1. The maximum absolute atomic E-state index is 12.8. The van der Waals surface area contributed by atoms with Gasteiger partial charge in [0.15, 0.2) is 0 Å². The first-order valence-electron chi connectivity index (χ1n) is 12.6. The van der Waals surface area contributed by atoms with Crippen LogP contribution >= 0.6 is 11.6 Å². The van der Waals surface area contributed by atoms with Gasteiger partial charge in [0.2, 0.25) is 0 Å². The maximum Gasteiger partial charge on any atom is 0.137 e. The van der Waals surface area contributed by atoms with Gasteiger partial charge in [-0.15, -0.1) is 0 Å². The number of halogens is 2. The van der Waals surface area contributed by atoms with Crippen LogP contribution in [0.15, 0.2) is 66.1 Å². The summed E-state index contributed by atoms with van der Waals surface area (Å²) in [4.78, 5) is 12.2. The molecule has 6 rings (SSSR count). The lowest BCUT2D eigenvalue weighted by atomic mass is 9.88. The van der Waals surface area contributed by atoms with Crippen LogP contribution in [0.2, 0.25) is 5.02 Å². The topological polar surface area (TPSA) is 50.5 Å². The third-order valence-corrected chi connectivity index (χ3v) is 8.60. The number of pyridine rings is 2. The van der Waals surface area contributed by atoms with Crippen molar-refractivity contribution < 1.29 is 8.60 Å². The molecule has 4 aromatic rings. The van der Waals surface area contributed by atoms with Crippen molar-refractivity contribution in [2.75, 3.05) is 26.0 Å². The van der Waals surface area contributed by atoms with Gasteiger partial charge >= 0.3 is 0 Å². The lowest BCUT2D eigenvalue weighted by Crippen LogP contribution is -2.46. The van der Waals surface area contributed by atoms with Crippen LogP contribution in [0.3, 0.4) is 0 Å². The summed E-state index contributed by atoms with van der Waals surface area (Å²) in [6, 6.07) is 12.4. The van der Waals surface area contributed by atoms with E-state index in [1.807, 2.05) is 16.5 Å². The quantitative estimate of drug-likeness (QED) is 0.313. The van der Waals surface area contributed by atoms with Crippen LogP contribution in [0.25, 0.3) is 16.8 Å². The highest BCUT2D eigenvalue weighted by molar-refractivity contribution is 7.84. The van der Waals surface area contributed by atoms with Crippen molar-refractivity contribution in [1.29, 1.82) is 0 Å². The molecule has 0 amide bonds. The molecule has 2 aliphatic rings. The van der Waals surface area contributed by atoms with Crippen molar-refractivity contribution in [3.63, 3.8) is 0 Å². The molecule has 0 bridgehead atoms. The number of allylic oxidation sites excluding steroid dienone is 1. The van der Waals surface area contributed by atoms with E-state index in [1.165, 1.54) is 11.1 Å². The van der Waals surface area contributed by atoms with Crippen molar-refractivity contribution >= 4 is 39.2 Å². The number of benzene rings is 1. The van der Waals surface area contributed by atoms with E-state index in [0.717, 1.165) is 77.4 Å². The molecule has 1 aliphatic heterocycles. The van der Waals surface area contributed by atoms with Gasteiger partial charge in [0.25, 0.3) is 0 Å². The maximum atomic E-state index is 12.8. The van der Waals surface area contributed by atoms with Crippen LogP contribution in [0, 0.1) is 5.92 Å². The van der Waals surface area contributed by atoms with Gasteiger partial charge in [0.1, 0.15) is 5.65 Å². The predicted octanol–water partition coefficient (Wildman–Crippen LogP) is 5.82. The molecule has 1 saturated heterocycles. The number of aryl methyl sites for hydroxylation is 1. The van der Waals surface area contributed by atoms with Crippen molar-refractivity contribution in [3.8, 4) is 0 Å². The van der Waals surface area contributed by atoms with Crippen LogP contribution < -0.4 is 0 Å². The normalized spacial score (nSPS) is 17.5. The predicted molar refractivity (Wildman–Crippen MR) is 147 cm³/mol. The molecule has 1 aromatic carbocycles. The van der Waals surface area contributed by atoms with Crippen LogP contribution in [-0.2, 0) is 23.8 Å². The summed E-state index contributed by atoms with van der Waals surface area (Å²) in [7, 11) is -1.04. The monoisotopic (exact) mass is 534 g/mol. The Morgan fingerprint density at radius 2 is 2.00 bits per heavy atom. The molecule has 0 saturated carbocycles. The Hall–Kier alpha value is -2.87. The zero-order valence-electron chi connectivity index (χ0n) is 20.7. The van der Waals surface area contributed by atoms with E-state index in [1.54, 1.807) is 18.6 Å². The second-order valence-electron chi connectivity index (χ2n) is 9.96. The first kappa shape index (κ1) is 24.5. The fraction of sp³-hybridized carbons (Fsp3) is 0.310. The minimum Gasteiger partial charge on any atom is -0.307 e. The van der Waals surface area contributed by atoms with Crippen molar-refractivity contribution in [3.05, 3.63) is 94.2 Å². The molecule has 3 aromatic heterocycles. The van der Waals surface area contributed by atoms with Gasteiger partial charge in [-0.2, -0.15) is 0 Å². The summed E-state index contributed by atoms with van der Waals surface area (Å²) in [5.41, 5.74) is 8.59. The Morgan fingerprint density at radius 1 is 1.14 bits per heavy atom. The average molecular weight is 535 g/mol. The second-order valence-corrected chi connectivity index (χ2v) is 11.8. The number of hydrogen-bond donors (Lipinski definition) is 0. The Kier molecular flexibility index (Phi) is 6.69. The van der Waals surface area contributed by atoms with E-state index < -0.39 is 10.8 Å². The lowest BCUT2D eigenvalue weighted by molar-refractivity contribution is 0.0727. The molecule has 0 N–H and O–H groups in total. The van der Waals surface area contributed by atoms with E-state index >= 15 is 0 Å². The van der Waals surface area contributed by atoms with E-state index in [0.29, 0.717) is 5.02 Å². The zero-order chi connectivity index (χ0) is 25.5. The smallest absolute Gasteiger partial charge is 0.137 e. The van der Waals surface area contributed by atoms with E-state index in [9.17, 15) is 8.60 Å². The fourth-order valence-electron chi connectivity index (χ4n) is 5.56. The Morgan fingerprint density at radius 3 is 2.78 bits per heavy atom. The van der Waals surface area contributed by atoms with Crippen LogP contribution in [0.4, 0.5) is 4.39 Å². The van der Waals surface area contributed by atoms with E-state index in [2.05, 4.69) is 46.5 Å². The molecule has 1 atom stereocenters. The summed E-state index contributed by atoms with van der Waals surface area (Å²) in [6.45, 7) is 2.06. The van der Waals surface area contributed by atoms with Gasteiger partial charge in [0, 0.05) is 72.3 Å². The number of aromatic nitrogens is 3. The Labute approximate surface area is 223 Å². The molecule has 37 heavy (non-hydrogen) atoms. The summed E-state index contributed by atoms with van der Waals surface area (Å²) in [5.74, 6) is 0.162. The SMILES string of the molecule is CS(=O)c1ccc2c(c1)CCCC(c1ccncc1Cl)=C2c1ccn2cc(CN3CC(CF)C3)nc2c1. The molecule has 1 aliphatic carbocycles. The van der Waals surface area contributed by atoms with Gasteiger partial charge in [-0.05, 0) is 83.0 Å². The van der Waals surface area contributed by atoms with Crippen LogP contribution in [0.1, 0.15) is 40.8 Å². The van der Waals surface area contributed by atoms with E-state index in [-0.39, 0.29) is 12.6 Å². The number of rotatable bonds is 6. The highest BCUT2D eigenvalue weighted by Gasteiger charge is 2.27. The molecule has 1 fully saturated rings. The van der Waals surface area contributed by atoms with Gasteiger partial charge in [0.05, 0.1) is 17.4 Å². The fourth-order valence-corrected chi connectivity index (χ4v) is 6.36. The summed E-state index contributed by atoms with van der Waals surface area (Å²) >= 11 is 6.66. The number of fused-ring (bicyclic) bond motifs is 2. The highest BCUT2D eigenvalue weighted by atomic mass is 35.5. The zero-order valence-corrected chi connectivity index (χ0v) is 22.2. The van der Waals surface area contributed by atoms with Crippen LogP contribution in [-0.4, -0.2) is 49.5 Å². The Balaban J connectivity index is 1.47. The molecule has 5 nitrogen and oxygen atoms in total. The minimum absolute atomic E-state index is 0.162. The summed E-state index contributed by atoms with van der Waals surface area (Å²) in [5, 5.41) is 0.634. The largest absolute Gasteiger partial charge is 0.307 e. The molecule has 1 unspecified atom stereocenters. The minimum atomic E-state index is -1.04. The molecular formula is C29H28ClFN4OS. The highest BCUT2D eigenvalue weighted by Crippen LogP contribution is 2.42. The van der Waals surface area contributed by atoms with E-state index in [4.69, 9.17) is 16.6 Å². The molecule has 4 heterocycles. The van der Waals surface area contributed by atoms with Gasteiger partial charge in [-0.1, -0.05) is 17.7 Å². The number of nitrogens with zero attached hydrogens (tertiary/aromatic N) is 4. The Bertz CT molecular complexity index is 1540. The molecule has 8 heteroatoms. The molecule has 0 radical (unpaired) electrons. The van der Waals surface area contributed by atoms with Crippen molar-refractivity contribution in [2.45, 2.75) is 30.7 Å². The first-order chi connectivity index (χ1) is 18.0. The summed E-state index contributed by atoms with van der Waals surface area (Å²) < 4.78 is 27.1. The number of likely N-dealkylation sites (tertiary alicyclic amines) is 1.